The van der Waals surface area contributed by atoms with E-state index in [1.807, 2.05) is 6.92 Å². The molecule has 13 heavy (non-hydrogen) atoms. The Labute approximate surface area is 76.0 Å². The van der Waals surface area contributed by atoms with Crippen LogP contribution < -0.4 is 11.3 Å². The summed E-state index contributed by atoms with van der Waals surface area (Å²) < 4.78 is 25.7. The minimum atomic E-state index is -3.42. The summed E-state index contributed by atoms with van der Waals surface area (Å²) in [4.78, 5) is 11.9. The molecule has 1 amide bonds. The topological polar surface area (TPSA) is 58.4 Å². The molecule has 0 aliphatic rings. The van der Waals surface area contributed by atoms with Crippen LogP contribution in [0.5, 0.6) is 0 Å². The van der Waals surface area contributed by atoms with Crippen LogP contribution in [0.4, 0.5) is 8.78 Å². The molecule has 0 fully saturated rings. The highest BCUT2D eigenvalue weighted by Gasteiger charge is 2.39. The van der Waals surface area contributed by atoms with Gasteiger partial charge in [0, 0.05) is 0 Å². The lowest BCUT2D eigenvalue weighted by molar-refractivity contribution is -0.147. The maximum absolute atomic E-state index is 12.9. The number of carbonyl (C=O) groups excluding carboxylic acids is 1. The number of hydrogen-bond acceptors (Lipinski definition) is 3. The smallest absolute Gasteiger partial charge is 0.300 e. The summed E-state index contributed by atoms with van der Waals surface area (Å²) in [6.07, 6.45) is 0.761. The Kier molecular flexibility index (Phi) is 4.79. The van der Waals surface area contributed by atoms with Crippen LogP contribution in [0.25, 0.3) is 0 Å². The number of alkyl halides is 2. The van der Waals surface area contributed by atoms with E-state index in [1.54, 1.807) is 0 Å². The number of carbonyl (C=O) groups is 1. The second-order valence-corrected chi connectivity index (χ2v) is 2.92. The van der Waals surface area contributed by atoms with E-state index in [2.05, 4.69) is 5.84 Å². The third kappa shape index (κ3) is 4.14. The molecule has 0 bridgehead atoms. The van der Waals surface area contributed by atoms with Gasteiger partial charge in [-0.3, -0.25) is 10.2 Å². The van der Waals surface area contributed by atoms with Crippen LogP contribution in [0.15, 0.2) is 0 Å². The summed E-state index contributed by atoms with van der Waals surface area (Å²) in [5.74, 6) is -0.257. The van der Waals surface area contributed by atoms with Gasteiger partial charge in [0.2, 0.25) is 0 Å². The van der Waals surface area contributed by atoms with Gasteiger partial charge in [-0.2, -0.15) is 8.78 Å². The Morgan fingerprint density at radius 3 is 2.54 bits per heavy atom. The second-order valence-electron chi connectivity index (χ2n) is 2.92. The summed E-state index contributed by atoms with van der Waals surface area (Å²) in [6, 6.07) is 0. The summed E-state index contributed by atoms with van der Waals surface area (Å²) in [7, 11) is 1.53. The molecular formula is C7H15F2N3O. The van der Waals surface area contributed by atoms with Crippen molar-refractivity contribution in [2.75, 3.05) is 20.1 Å². The Morgan fingerprint density at radius 2 is 2.15 bits per heavy atom. The number of hydrogen-bond donors (Lipinski definition) is 2. The van der Waals surface area contributed by atoms with E-state index in [4.69, 9.17) is 0 Å². The Bertz CT molecular complexity index is 175. The predicted molar refractivity (Wildman–Crippen MR) is 45.1 cm³/mol. The summed E-state index contributed by atoms with van der Waals surface area (Å²) >= 11 is 0. The van der Waals surface area contributed by atoms with E-state index in [-0.39, 0.29) is 0 Å². The first-order chi connectivity index (χ1) is 5.94. The molecule has 0 aromatic rings. The molecule has 0 spiro atoms. The van der Waals surface area contributed by atoms with Gasteiger partial charge in [-0.1, -0.05) is 6.92 Å². The summed E-state index contributed by atoms with van der Waals surface area (Å²) in [5, 5.41) is 0. The highest BCUT2D eigenvalue weighted by molar-refractivity contribution is 5.82. The Balaban J connectivity index is 4.07. The number of hydrazine groups is 1. The van der Waals surface area contributed by atoms with Crippen molar-refractivity contribution >= 4 is 5.91 Å². The minimum absolute atomic E-state index is 0.521. The first kappa shape index (κ1) is 12.2. The highest BCUT2D eigenvalue weighted by Crippen LogP contribution is 2.14. The number of rotatable bonds is 5. The second kappa shape index (κ2) is 5.08. The highest BCUT2D eigenvalue weighted by atomic mass is 19.3. The predicted octanol–water partition coefficient (Wildman–Crippen LogP) is -0.0466. The van der Waals surface area contributed by atoms with Crippen LogP contribution in [0.1, 0.15) is 13.3 Å². The quantitative estimate of drug-likeness (QED) is 0.367. The van der Waals surface area contributed by atoms with Crippen LogP contribution >= 0.6 is 0 Å². The van der Waals surface area contributed by atoms with Crippen molar-refractivity contribution in [2.45, 2.75) is 19.3 Å². The number of nitrogens with one attached hydrogen (secondary N) is 1. The number of halogens is 2. The molecule has 0 aromatic heterocycles. The molecule has 0 aromatic carbocycles. The standard InChI is InChI=1S/C7H15F2N3O/c1-3-4-12(2)5-7(8,9)6(13)11-10/h3-5,10H2,1-2H3,(H,11,13). The zero-order chi connectivity index (χ0) is 10.5. The largest absolute Gasteiger partial charge is 0.338 e. The van der Waals surface area contributed by atoms with Crippen molar-refractivity contribution in [1.29, 1.82) is 0 Å². The molecule has 78 valence electrons. The van der Waals surface area contributed by atoms with Crippen LogP contribution in [-0.2, 0) is 4.79 Å². The SMILES string of the molecule is CCCN(C)CC(F)(F)C(=O)NN. The van der Waals surface area contributed by atoms with Gasteiger partial charge in [0.25, 0.3) is 0 Å². The Morgan fingerprint density at radius 1 is 1.62 bits per heavy atom. The fourth-order valence-corrected chi connectivity index (χ4v) is 0.977. The van der Waals surface area contributed by atoms with E-state index in [0.717, 1.165) is 6.42 Å². The van der Waals surface area contributed by atoms with Gasteiger partial charge in [-0.15, -0.1) is 0 Å². The van der Waals surface area contributed by atoms with E-state index in [9.17, 15) is 13.6 Å². The lowest BCUT2D eigenvalue weighted by Gasteiger charge is -2.21. The van der Waals surface area contributed by atoms with Gasteiger partial charge in [0.1, 0.15) is 0 Å². The van der Waals surface area contributed by atoms with Crippen LogP contribution in [0.2, 0.25) is 0 Å². The molecule has 0 unspecified atom stereocenters. The van der Waals surface area contributed by atoms with Crippen molar-refractivity contribution < 1.29 is 13.6 Å². The first-order valence-corrected chi connectivity index (χ1v) is 4.01. The number of nitrogens with two attached hydrogens (primary N) is 1. The molecule has 0 heterocycles. The van der Waals surface area contributed by atoms with E-state index in [1.165, 1.54) is 17.4 Å². The number of amides is 1. The molecule has 0 saturated heterocycles. The molecule has 0 radical (unpaired) electrons. The monoisotopic (exact) mass is 195 g/mol. The van der Waals surface area contributed by atoms with Crippen molar-refractivity contribution in [3.8, 4) is 0 Å². The first-order valence-electron chi connectivity index (χ1n) is 4.01. The molecule has 0 aliphatic heterocycles. The molecular weight excluding hydrogens is 180 g/mol. The van der Waals surface area contributed by atoms with Crippen molar-refractivity contribution in [3.63, 3.8) is 0 Å². The van der Waals surface area contributed by atoms with Crippen molar-refractivity contribution in [2.24, 2.45) is 5.84 Å². The lowest BCUT2D eigenvalue weighted by Crippen LogP contribution is -2.49. The van der Waals surface area contributed by atoms with Gasteiger partial charge in [-0.25, -0.2) is 5.84 Å². The van der Waals surface area contributed by atoms with Gasteiger partial charge < -0.3 is 4.90 Å². The fraction of sp³-hybridized carbons (Fsp3) is 0.857. The molecule has 3 N–H and O–H groups in total. The average molecular weight is 195 g/mol. The third-order valence-corrected chi connectivity index (χ3v) is 1.54. The minimum Gasteiger partial charge on any atom is -0.300 e. The van der Waals surface area contributed by atoms with Gasteiger partial charge in [0.05, 0.1) is 6.54 Å². The molecule has 0 atom stereocenters. The molecule has 4 nitrogen and oxygen atoms in total. The van der Waals surface area contributed by atoms with Gasteiger partial charge in [0.15, 0.2) is 0 Å². The zero-order valence-electron chi connectivity index (χ0n) is 7.81. The zero-order valence-corrected chi connectivity index (χ0v) is 7.81. The normalized spacial score (nSPS) is 11.8. The molecule has 0 rings (SSSR count). The number of nitrogens with zero attached hydrogens (tertiary/aromatic N) is 1. The van der Waals surface area contributed by atoms with Crippen molar-refractivity contribution in [3.05, 3.63) is 0 Å². The Hall–Kier alpha value is -0.750. The van der Waals surface area contributed by atoms with E-state index in [0.29, 0.717) is 6.54 Å². The van der Waals surface area contributed by atoms with E-state index >= 15 is 0 Å². The van der Waals surface area contributed by atoms with E-state index < -0.39 is 18.4 Å². The third-order valence-electron chi connectivity index (χ3n) is 1.54. The van der Waals surface area contributed by atoms with Crippen LogP contribution in [0.3, 0.4) is 0 Å². The molecule has 0 aliphatic carbocycles. The molecule has 0 saturated carbocycles. The van der Waals surface area contributed by atoms with Crippen LogP contribution in [-0.4, -0.2) is 36.9 Å². The summed E-state index contributed by atoms with van der Waals surface area (Å²) in [6.45, 7) is 1.79. The summed E-state index contributed by atoms with van der Waals surface area (Å²) in [5.41, 5.74) is 1.44. The molecule has 6 heteroatoms. The van der Waals surface area contributed by atoms with Crippen molar-refractivity contribution in [1.82, 2.24) is 10.3 Å². The van der Waals surface area contributed by atoms with Gasteiger partial charge >= 0.3 is 11.8 Å². The fourth-order valence-electron chi connectivity index (χ4n) is 0.977. The van der Waals surface area contributed by atoms with Crippen LogP contribution in [0, 0.1) is 0 Å². The maximum atomic E-state index is 12.9. The van der Waals surface area contributed by atoms with Gasteiger partial charge in [-0.05, 0) is 20.0 Å². The maximum Gasteiger partial charge on any atom is 0.338 e. The lowest BCUT2D eigenvalue weighted by atomic mass is 10.3. The average Bonchev–Trinajstić information content (AvgIpc) is 2.02.